The Labute approximate surface area is 122 Å². The Morgan fingerprint density at radius 2 is 2.05 bits per heavy atom. The van der Waals surface area contributed by atoms with E-state index in [0.29, 0.717) is 6.10 Å². The second-order valence-electron chi connectivity index (χ2n) is 5.62. The van der Waals surface area contributed by atoms with Gasteiger partial charge in [-0.1, -0.05) is 30.7 Å². The van der Waals surface area contributed by atoms with Crippen molar-refractivity contribution in [2.24, 2.45) is 0 Å². The zero-order chi connectivity index (χ0) is 14.4. The first-order valence-corrected chi connectivity index (χ1v) is 7.70. The van der Waals surface area contributed by atoms with E-state index in [2.05, 4.69) is 44.3 Å². The molecule has 1 aromatic carbocycles. The van der Waals surface area contributed by atoms with E-state index in [1.807, 2.05) is 0 Å². The first-order chi connectivity index (χ1) is 9.70. The summed E-state index contributed by atoms with van der Waals surface area (Å²) in [6.45, 7) is 9.82. The predicted molar refractivity (Wildman–Crippen MR) is 82.1 cm³/mol. The molecule has 112 valence electrons. The van der Waals surface area contributed by atoms with Crippen molar-refractivity contribution in [2.45, 2.75) is 45.8 Å². The molecule has 2 rings (SSSR count). The van der Waals surface area contributed by atoms with E-state index in [1.54, 1.807) is 0 Å². The van der Waals surface area contributed by atoms with Gasteiger partial charge in [0.25, 0.3) is 0 Å². The van der Waals surface area contributed by atoms with Gasteiger partial charge in [-0.05, 0) is 44.4 Å². The summed E-state index contributed by atoms with van der Waals surface area (Å²) in [4.78, 5) is 0. The minimum absolute atomic E-state index is 0.280. The van der Waals surface area contributed by atoms with Crippen molar-refractivity contribution in [3.8, 4) is 0 Å². The van der Waals surface area contributed by atoms with Gasteiger partial charge in [0.2, 0.25) is 0 Å². The van der Waals surface area contributed by atoms with Crippen molar-refractivity contribution in [3.63, 3.8) is 0 Å². The SMILES string of the molecule is CCNC(COC1CCOCC1)c1cc(C)ccc1C. The highest BCUT2D eigenvalue weighted by atomic mass is 16.5. The normalized spacial score (nSPS) is 18.1. The third-order valence-corrected chi connectivity index (χ3v) is 3.93. The first-order valence-electron chi connectivity index (χ1n) is 7.70. The number of hydrogen-bond acceptors (Lipinski definition) is 3. The second kappa shape index (κ2) is 7.77. The van der Waals surface area contributed by atoms with Gasteiger partial charge in [0.1, 0.15) is 0 Å². The fraction of sp³-hybridized carbons (Fsp3) is 0.647. The molecule has 0 aromatic heterocycles. The van der Waals surface area contributed by atoms with Crippen LogP contribution in [0.2, 0.25) is 0 Å². The van der Waals surface area contributed by atoms with Gasteiger partial charge in [0, 0.05) is 13.2 Å². The number of benzene rings is 1. The van der Waals surface area contributed by atoms with E-state index >= 15 is 0 Å². The zero-order valence-electron chi connectivity index (χ0n) is 12.9. The Bertz CT molecular complexity index is 413. The maximum absolute atomic E-state index is 6.10. The van der Waals surface area contributed by atoms with Crippen LogP contribution in [-0.4, -0.2) is 32.5 Å². The standard InChI is InChI=1S/C17H27NO2/c1-4-18-17(12-20-15-7-9-19-10-8-15)16-11-13(2)5-6-14(16)3/h5-6,11,15,17-18H,4,7-10,12H2,1-3H3. The molecule has 1 aliphatic heterocycles. The highest BCUT2D eigenvalue weighted by Crippen LogP contribution is 2.21. The predicted octanol–water partition coefficient (Wildman–Crippen LogP) is 3.15. The first kappa shape index (κ1) is 15.5. The third-order valence-electron chi connectivity index (χ3n) is 3.93. The summed E-state index contributed by atoms with van der Waals surface area (Å²) in [7, 11) is 0. The van der Waals surface area contributed by atoms with Gasteiger partial charge in [0.05, 0.1) is 18.8 Å². The maximum atomic E-state index is 6.10. The van der Waals surface area contributed by atoms with Crippen LogP contribution in [0.1, 0.15) is 42.5 Å². The van der Waals surface area contributed by atoms with Crippen LogP contribution < -0.4 is 5.32 Å². The van der Waals surface area contributed by atoms with Crippen LogP contribution in [0.5, 0.6) is 0 Å². The molecular weight excluding hydrogens is 250 g/mol. The van der Waals surface area contributed by atoms with Gasteiger partial charge >= 0.3 is 0 Å². The van der Waals surface area contributed by atoms with E-state index in [4.69, 9.17) is 9.47 Å². The summed E-state index contributed by atoms with van der Waals surface area (Å²) in [5.74, 6) is 0. The average molecular weight is 277 g/mol. The largest absolute Gasteiger partial charge is 0.381 e. The number of aryl methyl sites for hydroxylation is 2. The van der Waals surface area contributed by atoms with Gasteiger partial charge < -0.3 is 14.8 Å². The van der Waals surface area contributed by atoms with Crippen molar-refractivity contribution in [2.75, 3.05) is 26.4 Å². The maximum Gasteiger partial charge on any atom is 0.0665 e. The summed E-state index contributed by atoms with van der Waals surface area (Å²) >= 11 is 0. The monoisotopic (exact) mass is 277 g/mol. The topological polar surface area (TPSA) is 30.5 Å². The Morgan fingerprint density at radius 1 is 1.30 bits per heavy atom. The van der Waals surface area contributed by atoms with Crippen LogP contribution in [0.25, 0.3) is 0 Å². The molecule has 1 aliphatic rings. The van der Waals surface area contributed by atoms with Gasteiger partial charge in [-0.3, -0.25) is 0 Å². The van der Waals surface area contributed by atoms with Crippen molar-refractivity contribution in [3.05, 3.63) is 34.9 Å². The quantitative estimate of drug-likeness (QED) is 0.866. The zero-order valence-corrected chi connectivity index (χ0v) is 12.9. The molecule has 3 heteroatoms. The molecule has 1 atom stereocenters. The van der Waals surface area contributed by atoms with Crippen LogP contribution in [0, 0.1) is 13.8 Å². The lowest BCUT2D eigenvalue weighted by Gasteiger charge is -2.26. The number of hydrogen-bond donors (Lipinski definition) is 1. The fourth-order valence-corrected chi connectivity index (χ4v) is 2.72. The Hall–Kier alpha value is -0.900. The molecule has 0 bridgehead atoms. The number of ether oxygens (including phenoxy) is 2. The molecule has 0 spiro atoms. The van der Waals surface area contributed by atoms with Crippen LogP contribution in [0.15, 0.2) is 18.2 Å². The van der Waals surface area contributed by atoms with Crippen molar-refractivity contribution in [1.29, 1.82) is 0 Å². The molecule has 1 fully saturated rings. The summed E-state index contributed by atoms with van der Waals surface area (Å²) in [6.07, 6.45) is 2.40. The minimum atomic E-state index is 0.280. The lowest BCUT2D eigenvalue weighted by atomic mass is 9.99. The van der Waals surface area contributed by atoms with Gasteiger partial charge in [0.15, 0.2) is 0 Å². The number of likely N-dealkylation sites (N-methyl/N-ethyl adjacent to an activating group) is 1. The summed E-state index contributed by atoms with van der Waals surface area (Å²) in [6, 6.07) is 6.92. The van der Waals surface area contributed by atoms with E-state index in [9.17, 15) is 0 Å². The molecule has 20 heavy (non-hydrogen) atoms. The molecule has 1 aromatic rings. The molecule has 0 amide bonds. The Kier molecular flexibility index (Phi) is 6.02. The lowest BCUT2D eigenvalue weighted by Crippen LogP contribution is -2.30. The fourth-order valence-electron chi connectivity index (χ4n) is 2.72. The number of rotatable bonds is 6. The highest BCUT2D eigenvalue weighted by molar-refractivity contribution is 5.33. The van der Waals surface area contributed by atoms with Crippen molar-refractivity contribution in [1.82, 2.24) is 5.32 Å². The Balaban J connectivity index is 2.00. The molecule has 0 aliphatic carbocycles. The molecule has 1 heterocycles. The summed E-state index contributed by atoms with van der Waals surface area (Å²) in [5.41, 5.74) is 4.00. The van der Waals surface area contributed by atoms with Gasteiger partial charge in [-0.2, -0.15) is 0 Å². The minimum Gasteiger partial charge on any atom is -0.381 e. The molecule has 1 unspecified atom stereocenters. The van der Waals surface area contributed by atoms with E-state index in [1.165, 1.54) is 16.7 Å². The van der Waals surface area contributed by atoms with Gasteiger partial charge in [-0.25, -0.2) is 0 Å². The third kappa shape index (κ3) is 4.30. The van der Waals surface area contributed by atoms with Crippen LogP contribution in [-0.2, 0) is 9.47 Å². The van der Waals surface area contributed by atoms with E-state index in [0.717, 1.165) is 39.2 Å². The Morgan fingerprint density at radius 3 is 2.75 bits per heavy atom. The van der Waals surface area contributed by atoms with E-state index < -0.39 is 0 Å². The summed E-state index contributed by atoms with van der Waals surface area (Å²) < 4.78 is 11.5. The molecule has 1 saturated heterocycles. The van der Waals surface area contributed by atoms with Crippen LogP contribution in [0.3, 0.4) is 0 Å². The molecular formula is C17H27NO2. The molecule has 1 N–H and O–H groups in total. The average Bonchev–Trinajstić information content (AvgIpc) is 2.47. The lowest BCUT2D eigenvalue weighted by molar-refractivity contribution is -0.0382. The van der Waals surface area contributed by atoms with Crippen molar-refractivity contribution < 1.29 is 9.47 Å². The van der Waals surface area contributed by atoms with E-state index in [-0.39, 0.29) is 6.04 Å². The molecule has 3 nitrogen and oxygen atoms in total. The van der Waals surface area contributed by atoms with Gasteiger partial charge in [-0.15, -0.1) is 0 Å². The highest BCUT2D eigenvalue weighted by Gasteiger charge is 2.18. The second-order valence-corrected chi connectivity index (χ2v) is 5.62. The number of nitrogens with one attached hydrogen (secondary N) is 1. The summed E-state index contributed by atoms with van der Waals surface area (Å²) in [5, 5.41) is 3.55. The van der Waals surface area contributed by atoms with Crippen LogP contribution >= 0.6 is 0 Å². The smallest absolute Gasteiger partial charge is 0.0665 e. The molecule has 0 radical (unpaired) electrons. The molecule has 0 saturated carbocycles. The van der Waals surface area contributed by atoms with Crippen LogP contribution in [0.4, 0.5) is 0 Å². The van der Waals surface area contributed by atoms with Crippen molar-refractivity contribution >= 4 is 0 Å².